The van der Waals surface area contributed by atoms with Gasteiger partial charge in [-0.25, -0.2) is 0 Å². The van der Waals surface area contributed by atoms with E-state index < -0.39 is 11.7 Å². The van der Waals surface area contributed by atoms with Crippen LogP contribution in [0.15, 0.2) is 52.3 Å². The Morgan fingerprint density at radius 3 is 2.00 bits per heavy atom. The highest BCUT2D eigenvalue weighted by Crippen LogP contribution is 2.39. The Labute approximate surface area is 124 Å². The van der Waals surface area contributed by atoms with Crippen LogP contribution in [0.2, 0.25) is 0 Å². The lowest BCUT2D eigenvalue weighted by atomic mass is 10.2. The van der Waals surface area contributed by atoms with Gasteiger partial charge in [0, 0.05) is 9.79 Å². The molecule has 0 fully saturated rings. The summed E-state index contributed by atoms with van der Waals surface area (Å²) < 4.78 is 48.6. The molecule has 0 aliphatic rings. The predicted molar refractivity (Wildman–Crippen MR) is 75.1 cm³/mol. The molecule has 0 radical (unpaired) electrons. The van der Waals surface area contributed by atoms with Crippen molar-refractivity contribution < 1.29 is 22.6 Å². The van der Waals surface area contributed by atoms with Gasteiger partial charge in [-0.3, -0.25) is 0 Å². The first-order chi connectivity index (χ1) is 9.94. The van der Waals surface area contributed by atoms with E-state index in [9.17, 15) is 13.2 Å². The summed E-state index contributed by atoms with van der Waals surface area (Å²) in [4.78, 5) is 1.32. The molecule has 0 unspecified atom stereocenters. The van der Waals surface area contributed by atoms with Gasteiger partial charge in [-0.1, -0.05) is 11.8 Å². The standard InChI is InChI=1S/C15H13F3O2S/c1-19-10-3-5-11(6-4-10)21-12-7-8-14(20-2)13(9-12)15(16,17)18/h3-9H,1-2H3. The summed E-state index contributed by atoms with van der Waals surface area (Å²) in [6.45, 7) is 0. The largest absolute Gasteiger partial charge is 0.497 e. The Morgan fingerprint density at radius 2 is 1.48 bits per heavy atom. The molecule has 2 aromatic rings. The second kappa shape index (κ2) is 6.30. The maximum Gasteiger partial charge on any atom is 0.420 e. The summed E-state index contributed by atoms with van der Waals surface area (Å²) in [5.74, 6) is 0.520. The maximum absolute atomic E-state index is 12.9. The monoisotopic (exact) mass is 314 g/mol. The van der Waals surface area contributed by atoms with Crippen molar-refractivity contribution >= 4 is 11.8 Å². The first-order valence-corrected chi connectivity index (χ1v) is 6.83. The minimum atomic E-state index is -4.44. The lowest BCUT2D eigenvalue weighted by Crippen LogP contribution is -2.07. The lowest BCUT2D eigenvalue weighted by molar-refractivity contribution is -0.138. The highest BCUT2D eigenvalue weighted by Gasteiger charge is 2.34. The third-order valence-corrected chi connectivity index (χ3v) is 3.77. The SMILES string of the molecule is COc1ccc(Sc2ccc(OC)c(C(F)(F)F)c2)cc1. The molecule has 21 heavy (non-hydrogen) atoms. The van der Waals surface area contributed by atoms with Gasteiger partial charge in [-0.05, 0) is 42.5 Å². The van der Waals surface area contributed by atoms with E-state index >= 15 is 0 Å². The summed E-state index contributed by atoms with van der Waals surface area (Å²) in [7, 11) is 2.78. The molecule has 0 saturated carbocycles. The third-order valence-electron chi connectivity index (χ3n) is 2.77. The zero-order valence-electron chi connectivity index (χ0n) is 11.4. The average molecular weight is 314 g/mol. The predicted octanol–water partition coefficient (Wildman–Crippen LogP) is 4.87. The zero-order chi connectivity index (χ0) is 15.5. The first kappa shape index (κ1) is 15.6. The molecule has 6 heteroatoms. The van der Waals surface area contributed by atoms with Crippen molar-refractivity contribution in [3.8, 4) is 11.5 Å². The molecule has 0 atom stereocenters. The first-order valence-electron chi connectivity index (χ1n) is 6.01. The van der Waals surface area contributed by atoms with E-state index in [2.05, 4.69) is 0 Å². The molecule has 0 N–H and O–H groups in total. The minimum absolute atomic E-state index is 0.179. The highest BCUT2D eigenvalue weighted by atomic mass is 32.2. The number of methoxy groups -OCH3 is 2. The van der Waals surface area contributed by atoms with Crippen LogP contribution in [0, 0.1) is 0 Å². The van der Waals surface area contributed by atoms with Crippen molar-refractivity contribution in [2.75, 3.05) is 14.2 Å². The fourth-order valence-electron chi connectivity index (χ4n) is 1.75. The Balaban J connectivity index is 2.27. The third kappa shape index (κ3) is 3.85. The van der Waals surface area contributed by atoms with Gasteiger partial charge in [0.15, 0.2) is 0 Å². The van der Waals surface area contributed by atoms with Crippen LogP contribution in [0.3, 0.4) is 0 Å². The Hall–Kier alpha value is -1.82. The molecule has 0 saturated heterocycles. The summed E-state index contributed by atoms with van der Waals surface area (Å²) in [5, 5.41) is 0. The molecule has 0 spiro atoms. The molecule has 0 aliphatic heterocycles. The molecule has 2 rings (SSSR count). The van der Waals surface area contributed by atoms with Gasteiger partial charge in [0.2, 0.25) is 0 Å². The normalized spacial score (nSPS) is 11.3. The molecule has 0 aliphatic carbocycles. The summed E-state index contributed by atoms with van der Waals surface area (Å²) in [6, 6.07) is 11.1. The van der Waals surface area contributed by atoms with E-state index in [0.29, 0.717) is 10.6 Å². The van der Waals surface area contributed by atoms with Gasteiger partial charge < -0.3 is 9.47 Å². The number of rotatable bonds is 4. The van der Waals surface area contributed by atoms with E-state index in [1.54, 1.807) is 37.4 Å². The molecule has 0 amide bonds. The molecular weight excluding hydrogens is 301 g/mol. The van der Waals surface area contributed by atoms with Crippen LogP contribution in [-0.4, -0.2) is 14.2 Å². The summed E-state index contributed by atoms with van der Waals surface area (Å²) >= 11 is 1.25. The van der Waals surface area contributed by atoms with Crippen LogP contribution in [0.5, 0.6) is 11.5 Å². The van der Waals surface area contributed by atoms with E-state index in [1.165, 1.54) is 24.9 Å². The van der Waals surface area contributed by atoms with Gasteiger partial charge in [0.05, 0.1) is 19.8 Å². The van der Waals surface area contributed by atoms with Gasteiger partial charge in [0.1, 0.15) is 11.5 Å². The van der Waals surface area contributed by atoms with Gasteiger partial charge in [-0.15, -0.1) is 0 Å². The molecule has 2 nitrogen and oxygen atoms in total. The average Bonchev–Trinajstić information content (AvgIpc) is 2.47. The van der Waals surface area contributed by atoms with Crippen LogP contribution in [0.4, 0.5) is 13.2 Å². The topological polar surface area (TPSA) is 18.5 Å². The number of alkyl halides is 3. The molecular formula is C15H13F3O2S. The van der Waals surface area contributed by atoms with Gasteiger partial charge >= 0.3 is 6.18 Å². The Bertz CT molecular complexity index is 609. The highest BCUT2D eigenvalue weighted by molar-refractivity contribution is 7.99. The van der Waals surface area contributed by atoms with Crippen LogP contribution < -0.4 is 9.47 Å². The fourth-order valence-corrected chi connectivity index (χ4v) is 2.61. The van der Waals surface area contributed by atoms with Gasteiger partial charge in [-0.2, -0.15) is 13.2 Å². The second-order valence-electron chi connectivity index (χ2n) is 4.14. The molecule has 0 heterocycles. The maximum atomic E-state index is 12.9. The fraction of sp³-hybridized carbons (Fsp3) is 0.200. The van der Waals surface area contributed by atoms with E-state index in [0.717, 1.165) is 11.0 Å². The number of halogens is 3. The lowest BCUT2D eigenvalue weighted by Gasteiger charge is -2.13. The molecule has 2 aromatic carbocycles. The van der Waals surface area contributed by atoms with Crippen molar-refractivity contribution in [1.29, 1.82) is 0 Å². The van der Waals surface area contributed by atoms with E-state index in [1.807, 2.05) is 0 Å². The van der Waals surface area contributed by atoms with Crippen molar-refractivity contribution in [1.82, 2.24) is 0 Å². The molecule has 0 aromatic heterocycles. The van der Waals surface area contributed by atoms with Crippen LogP contribution in [0.1, 0.15) is 5.56 Å². The number of hydrogen-bond acceptors (Lipinski definition) is 3. The van der Waals surface area contributed by atoms with E-state index in [4.69, 9.17) is 9.47 Å². The molecule has 0 bridgehead atoms. The number of benzene rings is 2. The Morgan fingerprint density at radius 1 is 0.857 bits per heavy atom. The number of ether oxygens (including phenoxy) is 2. The van der Waals surface area contributed by atoms with Crippen molar-refractivity contribution in [3.05, 3.63) is 48.0 Å². The summed E-state index contributed by atoms with van der Waals surface area (Å²) in [5.41, 5.74) is -0.775. The minimum Gasteiger partial charge on any atom is -0.497 e. The Kier molecular flexibility index (Phi) is 4.67. The number of hydrogen-bond donors (Lipinski definition) is 0. The molecule has 112 valence electrons. The van der Waals surface area contributed by atoms with Crippen molar-refractivity contribution in [2.45, 2.75) is 16.0 Å². The summed E-state index contributed by atoms with van der Waals surface area (Å²) in [6.07, 6.45) is -4.44. The quantitative estimate of drug-likeness (QED) is 0.802. The van der Waals surface area contributed by atoms with Crippen molar-refractivity contribution in [2.24, 2.45) is 0 Å². The van der Waals surface area contributed by atoms with Crippen LogP contribution in [-0.2, 0) is 6.18 Å². The van der Waals surface area contributed by atoms with Gasteiger partial charge in [0.25, 0.3) is 0 Å². The second-order valence-corrected chi connectivity index (χ2v) is 5.28. The smallest absolute Gasteiger partial charge is 0.420 e. The van der Waals surface area contributed by atoms with Crippen LogP contribution in [0.25, 0.3) is 0 Å². The zero-order valence-corrected chi connectivity index (χ0v) is 12.2. The van der Waals surface area contributed by atoms with Crippen LogP contribution >= 0.6 is 11.8 Å². The van der Waals surface area contributed by atoms with E-state index in [-0.39, 0.29) is 5.75 Å². The van der Waals surface area contributed by atoms with Crippen molar-refractivity contribution in [3.63, 3.8) is 0 Å².